The van der Waals surface area contributed by atoms with Crippen molar-refractivity contribution in [3.63, 3.8) is 0 Å². The molecule has 144 valence electrons. The molecule has 0 aliphatic heterocycles. The summed E-state index contributed by atoms with van der Waals surface area (Å²) in [6.45, 7) is 0.000743. The molecule has 7 nitrogen and oxygen atoms in total. The monoisotopic (exact) mass is 398 g/mol. The number of hydrogen-bond acceptors (Lipinski definition) is 6. The van der Waals surface area contributed by atoms with Crippen molar-refractivity contribution in [1.82, 2.24) is 4.98 Å². The Morgan fingerprint density at radius 3 is 2.50 bits per heavy atom. The molecule has 0 fully saturated rings. The fourth-order valence-corrected chi connectivity index (χ4v) is 3.47. The van der Waals surface area contributed by atoms with E-state index in [0.29, 0.717) is 17.1 Å². The molecule has 28 heavy (non-hydrogen) atoms. The van der Waals surface area contributed by atoms with Crippen LogP contribution in [0.2, 0.25) is 0 Å². The lowest BCUT2D eigenvalue weighted by atomic mass is 10.2. The third-order valence-electron chi connectivity index (χ3n) is 3.80. The Hall–Kier alpha value is -3.39. The van der Waals surface area contributed by atoms with Gasteiger partial charge in [-0.1, -0.05) is 12.1 Å². The van der Waals surface area contributed by atoms with Crippen LogP contribution in [0.25, 0.3) is 0 Å². The minimum atomic E-state index is -3.87. The summed E-state index contributed by atoms with van der Waals surface area (Å²) in [6, 6.07) is 17.4. The number of nitrogens with one attached hydrogen (secondary N) is 1. The predicted octanol–water partition coefficient (Wildman–Crippen LogP) is 3.25. The molecule has 0 saturated carbocycles. The van der Waals surface area contributed by atoms with Gasteiger partial charge in [0.1, 0.15) is 12.4 Å². The van der Waals surface area contributed by atoms with Gasteiger partial charge in [-0.15, -0.1) is 0 Å². The normalized spacial score (nSPS) is 10.9. The molecule has 0 aliphatic carbocycles. The SMILES string of the molecule is COc1ccc(NS(=O)(=O)c2cccc(C(=O)OCc3ccccn3)c2)cc1. The predicted molar refractivity (Wildman–Crippen MR) is 104 cm³/mol. The number of aromatic nitrogens is 1. The highest BCUT2D eigenvalue weighted by atomic mass is 32.2. The number of benzene rings is 2. The summed E-state index contributed by atoms with van der Waals surface area (Å²) >= 11 is 0. The first-order chi connectivity index (χ1) is 13.5. The van der Waals surface area contributed by atoms with Crippen LogP contribution < -0.4 is 9.46 Å². The Kier molecular flexibility index (Phi) is 5.90. The van der Waals surface area contributed by atoms with Crippen molar-refractivity contribution in [3.8, 4) is 5.75 Å². The second-order valence-electron chi connectivity index (χ2n) is 5.76. The van der Waals surface area contributed by atoms with E-state index >= 15 is 0 Å². The van der Waals surface area contributed by atoms with E-state index < -0.39 is 16.0 Å². The number of carbonyl (C=O) groups is 1. The summed E-state index contributed by atoms with van der Waals surface area (Å²) in [7, 11) is -2.34. The molecule has 1 aromatic heterocycles. The van der Waals surface area contributed by atoms with Crippen molar-refractivity contribution >= 4 is 21.7 Å². The van der Waals surface area contributed by atoms with E-state index in [2.05, 4.69) is 9.71 Å². The van der Waals surface area contributed by atoms with Gasteiger partial charge in [0, 0.05) is 11.9 Å². The number of anilines is 1. The van der Waals surface area contributed by atoms with Gasteiger partial charge in [0.2, 0.25) is 0 Å². The maximum atomic E-state index is 12.6. The maximum absolute atomic E-state index is 12.6. The largest absolute Gasteiger partial charge is 0.497 e. The molecule has 1 heterocycles. The van der Waals surface area contributed by atoms with Gasteiger partial charge in [0.25, 0.3) is 10.0 Å². The molecular weight excluding hydrogens is 380 g/mol. The van der Waals surface area contributed by atoms with Crippen LogP contribution >= 0.6 is 0 Å². The summed E-state index contributed by atoms with van der Waals surface area (Å²) in [5, 5.41) is 0. The smallest absolute Gasteiger partial charge is 0.338 e. The fraction of sp³-hybridized carbons (Fsp3) is 0.100. The number of esters is 1. The first-order valence-corrected chi connectivity index (χ1v) is 9.80. The van der Waals surface area contributed by atoms with Crippen LogP contribution in [0, 0.1) is 0 Å². The van der Waals surface area contributed by atoms with Gasteiger partial charge in [-0.05, 0) is 54.6 Å². The molecule has 0 atom stereocenters. The number of methoxy groups -OCH3 is 1. The van der Waals surface area contributed by atoms with Gasteiger partial charge >= 0.3 is 5.97 Å². The van der Waals surface area contributed by atoms with E-state index in [1.165, 1.54) is 31.4 Å². The fourth-order valence-electron chi connectivity index (χ4n) is 2.37. The van der Waals surface area contributed by atoms with Crippen LogP contribution in [-0.4, -0.2) is 26.5 Å². The van der Waals surface area contributed by atoms with Gasteiger partial charge in [0.05, 0.1) is 23.3 Å². The standard InChI is InChI=1S/C20H18N2O5S/c1-26-18-10-8-16(9-11-18)22-28(24,25)19-7-4-5-15(13-19)20(23)27-14-17-6-2-3-12-21-17/h2-13,22H,14H2,1H3. The lowest BCUT2D eigenvalue weighted by Crippen LogP contribution is -2.14. The zero-order chi connectivity index (χ0) is 20.0. The minimum absolute atomic E-state index is 0.000743. The molecule has 3 aromatic rings. The van der Waals surface area contributed by atoms with Crippen LogP contribution in [-0.2, 0) is 21.4 Å². The van der Waals surface area contributed by atoms with Crippen LogP contribution in [0.1, 0.15) is 16.1 Å². The number of rotatable bonds is 7. The summed E-state index contributed by atoms with van der Waals surface area (Å²) in [5.41, 5.74) is 1.11. The van der Waals surface area contributed by atoms with Crippen molar-refractivity contribution < 1.29 is 22.7 Å². The molecule has 0 bridgehead atoms. The first kappa shape index (κ1) is 19.4. The van der Waals surface area contributed by atoms with Gasteiger partial charge < -0.3 is 9.47 Å². The molecule has 0 amide bonds. The third-order valence-corrected chi connectivity index (χ3v) is 5.18. The van der Waals surface area contributed by atoms with E-state index in [4.69, 9.17) is 9.47 Å². The Morgan fingerprint density at radius 2 is 1.82 bits per heavy atom. The molecule has 0 spiro atoms. The van der Waals surface area contributed by atoms with Crippen molar-refractivity contribution in [1.29, 1.82) is 0 Å². The van der Waals surface area contributed by atoms with Crippen molar-refractivity contribution in [2.75, 3.05) is 11.8 Å². The molecule has 0 aliphatic rings. The quantitative estimate of drug-likeness (QED) is 0.614. The maximum Gasteiger partial charge on any atom is 0.338 e. The Labute approximate surface area is 163 Å². The molecule has 0 radical (unpaired) electrons. The Morgan fingerprint density at radius 1 is 1.04 bits per heavy atom. The van der Waals surface area contributed by atoms with Crippen molar-refractivity contribution in [2.45, 2.75) is 11.5 Å². The van der Waals surface area contributed by atoms with Crippen LogP contribution in [0.3, 0.4) is 0 Å². The minimum Gasteiger partial charge on any atom is -0.497 e. The summed E-state index contributed by atoms with van der Waals surface area (Å²) in [6.07, 6.45) is 1.60. The molecule has 8 heteroatoms. The highest BCUT2D eigenvalue weighted by molar-refractivity contribution is 7.92. The number of nitrogens with zero attached hydrogens (tertiary/aromatic N) is 1. The topological polar surface area (TPSA) is 94.6 Å². The Balaban J connectivity index is 1.72. The molecule has 0 unspecified atom stereocenters. The van der Waals surface area contributed by atoms with Crippen molar-refractivity contribution in [2.24, 2.45) is 0 Å². The average molecular weight is 398 g/mol. The molecular formula is C20H18N2O5S. The van der Waals surface area contributed by atoms with E-state index in [1.807, 2.05) is 0 Å². The number of sulfonamides is 1. The Bertz CT molecular complexity index is 1050. The molecule has 0 saturated heterocycles. The third kappa shape index (κ3) is 4.86. The summed E-state index contributed by atoms with van der Waals surface area (Å²) < 4.78 is 37.9. The van der Waals surface area contributed by atoms with E-state index in [0.717, 1.165) is 0 Å². The number of carbonyl (C=O) groups excluding carboxylic acids is 1. The summed E-state index contributed by atoms with van der Waals surface area (Å²) in [4.78, 5) is 16.3. The van der Waals surface area contributed by atoms with E-state index in [-0.39, 0.29) is 17.1 Å². The average Bonchev–Trinajstić information content (AvgIpc) is 2.73. The second-order valence-corrected chi connectivity index (χ2v) is 7.44. The lowest BCUT2D eigenvalue weighted by Gasteiger charge is -2.10. The van der Waals surface area contributed by atoms with Crippen LogP contribution in [0.5, 0.6) is 5.75 Å². The lowest BCUT2D eigenvalue weighted by molar-refractivity contribution is 0.0467. The number of ether oxygens (including phenoxy) is 2. The highest BCUT2D eigenvalue weighted by Gasteiger charge is 2.17. The van der Waals surface area contributed by atoms with Crippen LogP contribution in [0.4, 0.5) is 5.69 Å². The second kappa shape index (κ2) is 8.53. The zero-order valence-corrected chi connectivity index (χ0v) is 15.8. The number of hydrogen-bond donors (Lipinski definition) is 1. The van der Waals surface area contributed by atoms with Gasteiger partial charge in [-0.2, -0.15) is 0 Å². The van der Waals surface area contributed by atoms with E-state index in [1.54, 1.807) is 48.7 Å². The zero-order valence-electron chi connectivity index (χ0n) is 15.0. The van der Waals surface area contributed by atoms with Crippen LogP contribution in [0.15, 0.2) is 77.8 Å². The summed E-state index contributed by atoms with van der Waals surface area (Å²) in [5.74, 6) is -0.0206. The highest BCUT2D eigenvalue weighted by Crippen LogP contribution is 2.20. The molecule has 3 rings (SSSR count). The molecule has 2 aromatic carbocycles. The first-order valence-electron chi connectivity index (χ1n) is 8.32. The molecule has 1 N–H and O–H groups in total. The van der Waals surface area contributed by atoms with Crippen molar-refractivity contribution in [3.05, 3.63) is 84.2 Å². The number of pyridine rings is 1. The van der Waals surface area contributed by atoms with E-state index in [9.17, 15) is 13.2 Å². The van der Waals surface area contributed by atoms with Gasteiger partial charge in [-0.25, -0.2) is 13.2 Å². The van der Waals surface area contributed by atoms with Gasteiger partial charge in [0.15, 0.2) is 0 Å². The van der Waals surface area contributed by atoms with Gasteiger partial charge in [-0.3, -0.25) is 9.71 Å².